The summed E-state index contributed by atoms with van der Waals surface area (Å²) in [5.41, 5.74) is 17.4. The van der Waals surface area contributed by atoms with E-state index in [1.54, 1.807) is 0 Å². The monoisotopic (exact) mass is 705 g/mol. The molecule has 10 rings (SSSR count). The van der Waals surface area contributed by atoms with Crippen LogP contribution in [-0.2, 0) is 0 Å². The lowest BCUT2D eigenvalue weighted by Gasteiger charge is -2.18. The summed E-state index contributed by atoms with van der Waals surface area (Å²) in [4.78, 5) is 4.27. The minimum atomic E-state index is 0.734. The third-order valence-electron chi connectivity index (χ3n) is 10.4. The number of benzene rings is 9. The van der Waals surface area contributed by atoms with Crippen molar-refractivity contribution in [1.29, 1.82) is 0 Å². The largest absolute Gasteiger partial charge is 0.397 e. The molecule has 1 heterocycles. The number of nitrogens with one attached hydrogen (secondary N) is 1. The summed E-state index contributed by atoms with van der Waals surface area (Å²) in [6, 6.07) is 66.4. The first-order chi connectivity index (χ1) is 27.1. The van der Waals surface area contributed by atoms with Crippen LogP contribution in [0.5, 0.6) is 0 Å². The van der Waals surface area contributed by atoms with Crippen molar-refractivity contribution < 1.29 is 0 Å². The molecule has 10 aromatic rings. The Hall–Kier alpha value is -7.23. The highest BCUT2D eigenvalue weighted by molar-refractivity contribution is 6.21. The Morgan fingerprint density at radius 1 is 0.418 bits per heavy atom. The van der Waals surface area contributed by atoms with Gasteiger partial charge in [0.05, 0.1) is 11.4 Å². The summed E-state index contributed by atoms with van der Waals surface area (Å²) >= 11 is 0. The number of fused-ring (bicyclic) bond motifs is 4. The predicted molar refractivity (Wildman–Crippen MR) is 236 cm³/mol. The van der Waals surface area contributed by atoms with Crippen molar-refractivity contribution in [3.63, 3.8) is 0 Å². The number of aryl methyl sites for hydroxylation is 1. The van der Waals surface area contributed by atoms with Crippen LogP contribution < -0.4 is 11.1 Å². The standard InChI is InChI=1S/C36H26N2.C16H13N/c37-33-15-7-8-16-34(33)38-28-21-19-25(20-22-28)35-29-11-3-5-13-31(29)36(32-14-6-4-12-30(32)35)27-18-17-24-9-1-2-10-26(24)23-27;1-12-9-14(11-17-10-12)16-8-4-6-13-5-2-3-7-15(13)16/h1-23,38H,37H2;2-11H,1H3. The number of nitrogens with two attached hydrogens (primary N) is 1. The Morgan fingerprint density at radius 2 is 0.964 bits per heavy atom. The first-order valence-electron chi connectivity index (χ1n) is 18.6. The molecule has 55 heavy (non-hydrogen) atoms. The van der Waals surface area contributed by atoms with Crippen LogP contribution in [-0.4, -0.2) is 4.98 Å². The molecule has 3 heteroatoms. The maximum Gasteiger partial charge on any atom is 0.0617 e. The number of hydrogen-bond acceptors (Lipinski definition) is 3. The quantitative estimate of drug-likeness (QED) is 0.138. The molecule has 0 atom stereocenters. The molecule has 0 radical (unpaired) electrons. The molecule has 262 valence electrons. The SMILES string of the molecule is Cc1cncc(-c2cccc3ccccc23)c1.Nc1ccccc1Nc1ccc(-c2c3ccccc3c(-c3ccc4ccccc4c3)c3ccccc23)cc1. The lowest BCUT2D eigenvalue weighted by atomic mass is 9.85. The van der Waals surface area contributed by atoms with Gasteiger partial charge in [0, 0.05) is 23.6 Å². The van der Waals surface area contributed by atoms with Crippen LogP contribution in [0.2, 0.25) is 0 Å². The molecule has 0 fully saturated rings. The van der Waals surface area contributed by atoms with Gasteiger partial charge in [-0.1, -0.05) is 152 Å². The van der Waals surface area contributed by atoms with Gasteiger partial charge in [0.25, 0.3) is 0 Å². The second-order valence-corrected chi connectivity index (χ2v) is 14.0. The Balaban J connectivity index is 0.000000195. The fourth-order valence-electron chi connectivity index (χ4n) is 7.76. The van der Waals surface area contributed by atoms with E-state index in [9.17, 15) is 0 Å². The van der Waals surface area contributed by atoms with Gasteiger partial charge in [0.1, 0.15) is 0 Å². The van der Waals surface area contributed by atoms with E-state index >= 15 is 0 Å². The second-order valence-electron chi connectivity index (χ2n) is 14.0. The Bertz CT molecular complexity index is 2920. The highest BCUT2D eigenvalue weighted by atomic mass is 14.9. The van der Waals surface area contributed by atoms with E-state index in [0.717, 1.165) is 17.1 Å². The van der Waals surface area contributed by atoms with Crippen LogP contribution in [0, 0.1) is 6.92 Å². The molecule has 0 amide bonds. The highest BCUT2D eigenvalue weighted by Gasteiger charge is 2.17. The van der Waals surface area contributed by atoms with E-state index in [0.29, 0.717) is 0 Å². The van der Waals surface area contributed by atoms with Crippen LogP contribution in [0.3, 0.4) is 0 Å². The average Bonchev–Trinajstić information content (AvgIpc) is 3.24. The lowest BCUT2D eigenvalue weighted by molar-refractivity contribution is 1.27. The van der Waals surface area contributed by atoms with Gasteiger partial charge in [-0.2, -0.15) is 0 Å². The molecule has 0 aliphatic heterocycles. The van der Waals surface area contributed by atoms with Crippen molar-refractivity contribution in [2.24, 2.45) is 0 Å². The number of aromatic nitrogens is 1. The smallest absolute Gasteiger partial charge is 0.0617 e. The van der Waals surface area contributed by atoms with Crippen LogP contribution in [0.1, 0.15) is 5.56 Å². The fourth-order valence-corrected chi connectivity index (χ4v) is 7.76. The van der Waals surface area contributed by atoms with Gasteiger partial charge >= 0.3 is 0 Å². The van der Waals surface area contributed by atoms with Gasteiger partial charge in [-0.3, -0.25) is 4.98 Å². The van der Waals surface area contributed by atoms with Crippen LogP contribution in [0.4, 0.5) is 17.1 Å². The first kappa shape index (κ1) is 33.6. The topological polar surface area (TPSA) is 50.9 Å². The maximum absolute atomic E-state index is 6.14. The third-order valence-corrected chi connectivity index (χ3v) is 10.4. The first-order valence-corrected chi connectivity index (χ1v) is 18.6. The minimum absolute atomic E-state index is 0.734. The van der Waals surface area contributed by atoms with E-state index in [4.69, 9.17) is 5.73 Å². The number of nitrogen functional groups attached to an aromatic ring is 1. The van der Waals surface area contributed by atoms with E-state index in [2.05, 4.69) is 181 Å². The summed E-state index contributed by atoms with van der Waals surface area (Å²) in [5.74, 6) is 0. The van der Waals surface area contributed by atoms with Crippen molar-refractivity contribution in [2.45, 2.75) is 6.92 Å². The Labute approximate surface area is 321 Å². The van der Waals surface area contributed by atoms with E-state index < -0.39 is 0 Å². The van der Waals surface area contributed by atoms with Crippen molar-refractivity contribution in [3.8, 4) is 33.4 Å². The Morgan fingerprint density at radius 3 is 1.64 bits per heavy atom. The van der Waals surface area contributed by atoms with Gasteiger partial charge in [0.2, 0.25) is 0 Å². The number of anilines is 3. The van der Waals surface area contributed by atoms with Crippen LogP contribution in [0.15, 0.2) is 200 Å². The molecule has 1 aromatic heterocycles. The molecule has 0 saturated carbocycles. The zero-order valence-corrected chi connectivity index (χ0v) is 30.6. The summed E-state index contributed by atoms with van der Waals surface area (Å²) < 4.78 is 0. The Kier molecular flexibility index (Phi) is 8.95. The fraction of sp³-hybridized carbons (Fsp3) is 0.0192. The summed E-state index contributed by atoms with van der Waals surface area (Å²) in [6.07, 6.45) is 3.81. The predicted octanol–water partition coefficient (Wildman–Crippen LogP) is 14.0. The molecule has 0 aliphatic carbocycles. The van der Waals surface area contributed by atoms with Gasteiger partial charge in [-0.15, -0.1) is 0 Å². The molecule has 9 aromatic carbocycles. The zero-order valence-electron chi connectivity index (χ0n) is 30.6. The molecule has 3 nitrogen and oxygen atoms in total. The molecule has 0 bridgehead atoms. The molecule has 0 saturated heterocycles. The molecule has 0 unspecified atom stereocenters. The van der Waals surface area contributed by atoms with Gasteiger partial charge < -0.3 is 11.1 Å². The summed E-state index contributed by atoms with van der Waals surface area (Å²) in [6.45, 7) is 2.07. The normalized spacial score (nSPS) is 11.1. The second kappa shape index (κ2) is 14.7. The van der Waals surface area contributed by atoms with Crippen LogP contribution in [0.25, 0.3) is 76.5 Å². The molecular weight excluding hydrogens is 667 g/mol. The van der Waals surface area contributed by atoms with Gasteiger partial charge in [-0.05, 0) is 120 Å². The van der Waals surface area contributed by atoms with E-state index in [-0.39, 0.29) is 0 Å². The molecule has 0 spiro atoms. The van der Waals surface area contributed by atoms with Crippen molar-refractivity contribution in [3.05, 3.63) is 206 Å². The number of pyridine rings is 1. The van der Waals surface area contributed by atoms with Gasteiger partial charge in [0.15, 0.2) is 0 Å². The van der Waals surface area contributed by atoms with Gasteiger partial charge in [-0.25, -0.2) is 0 Å². The number of nitrogens with zero attached hydrogens (tertiary/aromatic N) is 1. The molecular formula is C52H39N3. The van der Waals surface area contributed by atoms with Crippen molar-refractivity contribution in [2.75, 3.05) is 11.1 Å². The molecule has 3 N–H and O–H groups in total. The summed E-state index contributed by atoms with van der Waals surface area (Å²) in [5, 5.41) is 13.5. The van der Waals surface area contributed by atoms with E-state index in [1.165, 1.54) is 82.0 Å². The number of hydrogen-bond donors (Lipinski definition) is 2. The number of para-hydroxylation sites is 2. The summed E-state index contributed by atoms with van der Waals surface area (Å²) in [7, 11) is 0. The van der Waals surface area contributed by atoms with Crippen molar-refractivity contribution in [1.82, 2.24) is 4.98 Å². The van der Waals surface area contributed by atoms with Crippen LogP contribution >= 0.6 is 0 Å². The molecule has 0 aliphatic rings. The van der Waals surface area contributed by atoms with E-state index in [1.807, 2.05) is 36.7 Å². The third kappa shape index (κ3) is 6.65. The maximum atomic E-state index is 6.14. The highest BCUT2D eigenvalue weighted by Crippen LogP contribution is 2.44. The van der Waals surface area contributed by atoms with Crippen molar-refractivity contribution >= 4 is 60.2 Å². The zero-order chi connectivity index (χ0) is 37.1. The lowest BCUT2D eigenvalue weighted by Crippen LogP contribution is -1.95. The average molecular weight is 706 g/mol. The number of rotatable bonds is 5. The minimum Gasteiger partial charge on any atom is -0.397 e.